The Bertz CT molecular complexity index is 731. The van der Waals surface area contributed by atoms with Crippen molar-refractivity contribution >= 4 is 21.6 Å². The first-order chi connectivity index (χ1) is 10.1. The lowest BCUT2D eigenvalue weighted by Gasteiger charge is -2.14. The predicted octanol–water partition coefficient (Wildman–Crippen LogP) is 4.20. The molecule has 0 unspecified atom stereocenters. The molecule has 3 aromatic rings. The minimum atomic E-state index is -0.0454. The summed E-state index contributed by atoms with van der Waals surface area (Å²) in [5.41, 5.74) is 9.22. The van der Waals surface area contributed by atoms with E-state index in [0.717, 1.165) is 21.8 Å². The van der Waals surface area contributed by atoms with Gasteiger partial charge in [0.05, 0.1) is 10.2 Å². The summed E-state index contributed by atoms with van der Waals surface area (Å²) >= 11 is 1.67. The lowest BCUT2D eigenvalue weighted by molar-refractivity contribution is 0.301. The summed E-state index contributed by atoms with van der Waals surface area (Å²) in [4.78, 5) is 4.59. The van der Waals surface area contributed by atoms with Crippen LogP contribution in [0.15, 0.2) is 42.5 Å². The van der Waals surface area contributed by atoms with Crippen LogP contribution in [0.1, 0.15) is 29.1 Å². The van der Waals surface area contributed by atoms with Crippen molar-refractivity contribution in [2.75, 3.05) is 0 Å². The van der Waals surface area contributed by atoms with E-state index in [1.807, 2.05) is 37.3 Å². The van der Waals surface area contributed by atoms with E-state index in [9.17, 15) is 0 Å². The number of hydrogen-bond donors (Lipinski definition) is 1. The molecule has 2 aromatic carbocycles. The zero-order chi connectivity index (χ0) is 14.8. The van der Waals surface area contributed by atoms with Gasteiger partial charge in [-0.05, 0) is 37.6 Å². The molecule has 0 aliphatic rings. The normalized spacial score (nSPS) is 12.5. The fourth-order valence-electron chi connectivity index (χ4n) is 2.26. The minimum absolute atomic E-state index is 0.0454. The van der Waals surface area contributed by atoms with E-state index in [2.05, 4.69) is 24.0 Å². The van der Waals surface area contributed by atoms with Gasteiger partial charge in [0.1, 0.15) is 17.4 Å². The molecule has 3 rings (SSSR count). The molecular weight excluding hydrogens is 280 g/mol. The number of nitrogens with two attached hydrogens (primary N) is 1. The van der Waals surface area contributed by atoms with Crippen LogP contribution < -0.4 is 10.5 Å². The van der Waals surface area contributed by atoms with Crippen LogP contribution in [-0.2, 0) is 6.61 Å². The van der Waals surface area contributed by atoms with Crippen LogP contribution in [0.25, 0.3) is 10.2 Å². The minimum Gasteiger partial charge on any atom is -0.486 e. The van der Waals surface area contributed by atoms with Crippen molar-refractivity contribution in [2.24, 2.45) is 5.73 Å². The topological polar surface area (TPSA) is 48.1 Å². The summed E-state index contributed by atoms with van der Waals surface area (Å²) in [7, 11) is 0. The SMILES string of the molecule is Cc1ccc([C@@H](C)N)c(OCc2nc3ccccc3s2)c1. The molecule has 0 saturated heterocycles. The zero-order valence-corrected chi connectivity index (χ0v) is 13.0. The van der Waals surface area contributed by atoms with Crippen LogP contribution in [0.2, 0.25) is 0 Å². The number of nitrogens with zero attached hydrogens (tertiary/aromatic N) is 1. The molecule has 3 nitrogen and oxygen atoms in total. The van der Waals surface area contributed by atoms with E-state index in [0.29, 0.717) is 6.61 Å². The highest BCUT2D eigenvalue weighted by atomic mass is 32.1. The Morgan fingerprint density at radius 1 is 1.24 bits per heavy atom. The maximum Gasteiger partial charge on any atom is 0.140 e. The van der Waals surface area contributed by atoms with Gasteiger partial charge in [0.15, 0.2) is 0 Å². The van der Waals surface area contributed by atoms with Crippen molar-refractivity contribution in [2.45, 2.75) is 26.5 Å². The number of fused-ring (bicyclic) bond motifs is 1. The van der Waals surface area contributed by atoms with Gasteiger partial charge < -0.3 is 10.5 Å². The molecule has 0 aliphatic carbocycles. The van der Waals surface area contributed by atoms with Crippen molar-refractivity contribution in [1.82, 2.24) is 4.98 Å². The van der Waals surface area contributed by atoms with Crippen molar-refractivity contribution < 1.29 is 4.74 Å². The van der Waals surface area contributed by atoms with Gasteiger partial charge in [-0.3, -0.25) is 0 Å². The first kappa shape index (κ1) is 14.0. The van der Waals surface area contributed by atoms with Crippen LogP contribution in [0.5, 0.6) is 5.75 Å². The van der Waals surface area contributed by atoms with Gasteiger partial charge in [-0.15, -0.1) is 11.3 Å². The largest absolute Gasteiger partial charge is 0.486 e. The highest BCUT2D eigenvalue weighted by Gasteiger charge is 2.10. The molecule has 108 valence electrons. The maximum atomic E-state index is 6.00. The quantitative estimate of drug-likeness (QED) is 0.785. The van der Waals surface area contributed by atoms with E-state index < -0.39 is 0 Å². The first-order valence-electron chi connectivity index (χ1n) is 6.97. The van der Waals surface area contributed by atoms with Gasteiger partial charge in [-0.25, -0.2) is 4.98 Å². The van der Waals surface area contributed by atoms with Crippen molar-refractivity contribution in [3.05, 3.63) is 58.6 Å². The summed E-state index contributed by atoms with van der Waals surface area (Å²) in [6.45, 7) is 4.49. The number of para-hydroxylation sites is 1. The van der Waals surface area contributed by atoms with Crippen molar-refractivity contribution in [3.8, 4) is 5.75 Å². The smallest absolute Gasteiger partial charge is 0.140 e. The van der Waals surface area contributed by atoms with E-state index in [1.54, 1.807) is 11.3 Å². The molecule has 1 heterocycles. The van der Waals surface area contributed by atoms with Gasteiger partial charge in [0.2, 0.25) is 0 Å². The standard InChI is InChI=1S/C17H18N2OS/c1-11-7-8-13(12(2)18)15(9-11)20-10-17-19-14-5-3-4-6-16(14)21-17/h3-9,12H,10,18H2,1-2H3/t12-/m1/s1. The van der Waals surface area contributed by atoms with Crippen LogP contribution >= 0.6 is 11.3 Å². The van der Waals surface area contributed by atoms with Gasteiger partial charge >= 0.3 is 0 Å². The number of aryl methyl sites for hydroxylation is 1. The van der Waals surface area contributed by atoms with Crippen LogP contribution in [0.3, 0.4) is 0 Å². The Labute approximate surface area is 128 Å². The summed E-state index contributed by atoms with van der Waals surface area (Å²) in [5.74, 6) is 0.851. The van der Waals surface area contributed by atoms with Crippen LogP contribution in [0.4, 0.5) is 0 Å². The molecule has 21 heavy (non-hydrogen) atoms. The Kier molecular flexibility index (Phi) is 3.90. The van der Waals surface area contributed by atoms with Crippen LogP contribution in [0, 0.1) is 6.92 Å². The van der Waals surface area contributed by atoms with E-state index in [-0.39, 0.29) is 6.04 Å². The van der Waals surface area contributed by atoms with Gasteiger partial charge in [0, 0.05) is 11.6 Å². The molecular formula is C17H18N2OS. The Hall–Kier alpha value is -1.91. The van der Waals surface area contributed by atoms with Gasteiger partial charge in [-0.1, -0.05) is 24.3 Å². The predicted molar refractivity (Wildman–Crippen MR) is 87.7 cm³/mol. The van der Waals surface area contributed by atoms with E-state index in [1.165, 1.54) is 10.3 Å². The molecule has 0 amide bonds. The lowest BCUT2D eigenvalue weighted by atomic mass is 10.1. The Morgan fingerprint density at radius 2 is 2.05 bits per heavy atom. The van der Waals surface area contributed by atoms with Gasteiger partial charge in [-0.2, -0.15) is 0 Å². The number of rotatable bonds is 4. The maximum absolute atomic E-state index is 6.00. The van der Waals surface area contributed by atoms with Crippen molar-refractivity contribution in [1.29, 1.82) is 0 Å². The van der Waals surface area contributed by atoms with E-state index in [4.69, 9.17) is 10.5 Å². The monoisotopic (exact) mass is 298 g/mol. The second kappa shape index (κ2) is 5.84. The molecule has 1 atom stereocenters. The molecule has 0 saturated carbocycles. The highest BCUT2D eigenvalue weighted by molar-refractivity contribution is 7.18. The van der Waals surface area contributed by atoms with Gasteiger partial charge in [0.25, 0.3) is 0 Å². The highest BCUT2D eigenvalue weighted by Crippen LogP contribution is 2.27. The first-order valence-corrected chi connectivity index (χ1v) is 7.78. The Balaban J connectivity index is 1.82. The number of aromatic nitrogens is 1. The fourth-order valence-corrected chi connectivity index (χ4v) is 3.14. The molecule has 0 radical (unpaired) electrons. The number of hydrogen-bond acceptors (Lipinski definition) is 4. The third-order valence-electron chi connectivity index (χ3n) is 3.35. The third-order valence-corrected chi connectivity index (χ3v) is 4.36. The summed E-state index contributed by atoms with van der Waals surface area (Å²) in [5, 5.41) is 0.980. The molecule has 0 aliphatic heterocycles. The molecule has 0 fully saturated rings. The third kappa shape index (κ3) is 3.06. The number of ether oxygens (including phenoxy) is 1. The lowest BCUT2D eigenvalue weighted by Crippen LogP contribution is -2.08. The number of benzene rings is 2. The second-order valence-corrected chi connectivity index (χ2v) is 6.31. The molecule has 4 heteroatoms. The summed E-state index contributed by atoms with van der Waals surface area (Å²) in [6, 6.07) is 14.2. The summed E-state index contributed by atoms with van der Waals surface area (Å²) in [6.07, 6.45) is 0. The summed E-state index contributed by atoms with van der Waals surface area (Å²) < 4.78 is 7.15. The second-order valence-electron chi connectivity index (χ2n) is 5.19. The molecule has 0 bridgehead atoms. The average molecular weight is 298 g/mol. The molecule has 0 spiro atoms. The zero-order valence-electron chi connectivity index (χ0n) is 12.2. The van der Waals surface area contributed by atoms with Crippen molar-refractivity contribution in [3.63, 3.8) is 0 Å². The molecule has 1 aromatic heterocycles. The average Bonchev–Trinajstić information content (AvgIpc) is 2.87. The Morgan fingerprint density at radius 3 is 2.81 bits per heavy atom. The van der Waals surface area contributed by atoms with Crippen LogP contribution in [-0.4, -0.2) is 4.98 Å². The fraction of sp³-hybridized carbons (Fsp3) is 0.235. The number of thiazole rings is 1. The molecule has 2 N–H and O–H groups in total. The van der Waals surface area contributed by atoms with E-state index >= 15 is 0 Å².